The van der Waals surface area contributed by atoms with Gasteiger partial charge in [-0.25, -0.2) is 9.59 Å². The fraction of sp³-hybridized carbons (Fsp3) is 0.400. The van der Waals surface area contributed by atoms with E-state index in [9.17, 15) is 9.59 Å². The van der Waals surface area contributed by atoms with Crippen LogP contribution < -0.4 is 0 Å². The van der Waals surface area contributed by atoms with Gasteiger partial charge >= 0.3 is 11.9 Å². The number of esters is 2. The van der Waals surface area contributed by atoms with Crippen molar-refractivity contribution in [2.45, 2.75) is 52.4 Å². The molecule has 1 aromatic carbocycles. The molecule has 130 valence electrons. The molecular weight excluding hydrogens is 304 g/mol. The highest BCUT2D eigenvalue weighted by molar-refractivity contribution is 5.93. The number of hydrogen-bond acceptors (Lipinski definition) is 4. The average molecular weight is 330 g/mol. The fourth-order valence-electron chi connectivity index (χ4n) is 1.88. The molecule has 1 rings (SSSR count). The van der Waals surface area contributed by atoms with Gasteiger partial charge in [0.1, 0.15) is 0 Å². The van der Waals surface area contributed by atoms with Crippen molar-refractivity contribution in [1.82, 2.24) is 0 Å². The van der Waals surface area contributed by atoms with Gasteiger partial charge in [-0.1, -0.05) is 26.7 Å². The van der Waals surface area contributed by atoms with Crippen molar-refractivity contribution in [2.75, 3.05) is 0 Å². The SMILES string of the molecule is CCCCC=COC(=O)c1ccc(C(=O)OC=CCCCC)cc1. The Labute approximate surface area is 144 Å². The first kappa shape index (κ1) is 19.7. The van der Waals surface area contributed by atoms with Crippen molar-refractivity contribution in [3.05, 3.63) is 60.1 Å². The van der Waals surface area contributed by atoms with Crippen molar-refractivity contribution in [3.63, 3.8) is 0 Å². The van der Waals surface area contributed by atoms with Gasteiger partial charge in [0.2, 0.25) is 0 Å². The molecule has 0 bridgehead atoms. The van der Waals surface area contributed by atoms with Gasteiger partial charge in [0.25, 0.3) is 0 Å². The van der Waals surface area contributed by atoms with Crippen LogP contribution in [-0.4, -0.2) is 11.9 Å². The van der Waals surface area contributed by atoms with Crippen LogP contribution in [0.25, 0.3) is 0 Å². The van der Waals surface area contributed by atoms with Crippen LogP contribution in [0.4, 0.5) is 0 Å². The smallest absolute Gasteiger partial charge is 0.342 e. The maximum atomic E-state index is 11.8. The van der Waals surface area contributed by atoms with Crippen LogP contribution in [0.2, 0.25) is 0 Å². The maximum Gasteiger partial charge on any atom is 0.342 e. The Hall–Kier alpha value is -2.36. The molecule has 0 saturated carbocycles. The van der Waals surface area contributed by atoms with E-state index < -0.39 is 11.9 Å². The molecule has 0 unspecified atom stereocenters. The zero-order chi connectivity index (χ0) is 17.6. The van der Waals surface area contributed by atoms with E-state index in [1.54, 1.807) is 24.3 Å². The average Bonchev–Trinajstić information content (AvgIpc) is 2.61. The number of ether oxygens (including phenoxy) is 2. The number of rotatable bonds is 10. The summed E-state index contributed by atoms with van der Waals surface area (Å²) in [6, 6.07) is 6.22. The number of hydrogen-bond donors (Lipinski definition) is 0. The minimum atomic E-state index is -0.442. The Balaban J connectivity index is 2.46. The van der Waals surface area contributed by atoms with Gasteiger partial charge in [-0.3, -0.25) is 0 Å². The molecule has 0 heterocycles. The molecule has 4 heteroatoms. The molecule has 0 aliphatic rings. The van der Waals surface area contributed by atoms with Crippen molar-refractivity contribution < 1.29 is 19.1 Å². The first-order valence-electron chi connectivity index (χ1n) is 8.51. The van der Waals surface area contributed by atoms with E-state index in [2.05, 4.69) is 13.8 Å². The molecule has 1 aromatic rings. The molecule has 24 heavy (non-hydrogen) atoms. The Kier molecular flexibility index (Phi) is 9.93. The summed E-state index contributed by atoms with van der Waals surface area (Å²) in [4.78, 5) is 23.7. The zero-order valence-electron chi connectivity index (χ0n) is 14.5. The van der Waals surface area contributed by atoms with E-state index in [1.807, 2.05) is 12.2 Å². The third-order valence-electron chi connectivity index (χ3n) is 3.35. The van der Waals surface area contributed by atoms with Crippen LogP contribution in [0.15, 0.2) is 48.9 Å². The minimum absolute atomic E-state index is 0.394. The quantitative estimate of drug-likeness (QED) is 0.327. The second kappa shape index (κ2) is 12.1. The van der Waals surface area contributed by atoms with Crippen molar-refractivity contribution in [3.8, 4) is 0 Å². The van der Waals surface area contributed by atoms with Gasteiger partial charge in [-0.2, -0.15) is 0 Å². The standard InChI is InChI=1S/C20H26O4/c1-3-5-7-9-15-23-19(21)17-11-13-18(14-12-17)20(22)24-16-10-8-6-4-2/h9-16H,3-8H2,1-2H3. The molecule has 0 atom stereocenters. The van der Waals surface area contributed by atoms with Crippen LogP contribution in [-0.2, 0) is 9.47 Å². The van der Waals surface area contributed by atoms with E-state index in [1.165, 1.54) is 12.5 Å². The molecule has 0 radical (unpaired) electrons. The predicted octanol–water partition coefficient (Wildman–Crippen LogP) is 5.41. The first-order chi connectivity index (χ1) is 11.7. The van der Waals surface area contributed by atoms with Crippen molar-refractivity contribution >= 4 is 11.9 Å². The molecule has 0 aliphatic heterocycles. The summed E-state index contributed by atoms with van der Waals surface area (Å²) in [5.74, 6) is -0.885. The Bertz CT molecular complexity index is 505. The van der Waals surface area contributed by atoms with Crippen LogP contribution in [0.1, 0.15) is 73.1 Å². The van der Waals surface area contributed by atoms with Gasteiger partial charge in [-0.05, 0) is 62.1 Å². The lowest BCUT2D eigenvalue weighted by Gasteiger charge is -2.02. The largest absolute Gasteiger partial charge is 0.431 e. The summed E-state index contributed by atoms with van der Waals surface area (Å²) in [5, 5.41) is 0. The number of allylic oxidation sites excluding steroid dienone is 2. The molecule has 0 aromatic heterocycles. The molecule has 0 spiro atoms. The highest BCUT2D eigenvalue weighted by Crippen LogP contribution is 2.08. The van der Waals surface area contributed by atoms with Crippen LogP contribution in [0.5, 0.6) is 0 Å². The first-order valence-corrected chi connectivity index (χ1v) is 8.51. The Morgan fingerprint density at radius 1 is 0.792 bits per heavy atom. The second-order valence-corrected chi connectivity index (χ2v) is 5.42. The third kappa shape index (κ3) is 7.77. The number of carbonyl (C=O) groups excluding carboxylic acids is 2. The summed E-state index contributed by atoms with van der Waals surface area (Å²) in [6.45, 7) is 4.21. The predicted molar refractivity (Wildman–Crippen MR) is 94.6 cm³/mol. The number of unbranched alkanes of at least 4 members (excludes halogenated alkanes) is 4. The van der Waals surface area contributed by atoms with E-state index in [0.717, 1.165) is 38.5 Å². The lowest BCUT2D eigenvalue weighted by molar-refractivity contribution is 0.0648. The van der Waals surface area contributed by atoms with Gasteiger partial charge < -0.3 is 9.47 Å². The summed E-state index contributed by atoms with van der Waals surface area (Å²) in [5.41, 5.74) is 0.787. The topological polar surface area (TPSA) is 52.6 Å². The molecule has 0 aliphatic carbocycles. The number of benzene rings is 1. The molecule has 0 saturated heterocycles. The monoisotopic (exact) mass is 330 g/mol. The molecule has 0 N–H and O–H groups in total. The summed E-state index contributed by atoms with van der Waals surface area (Å²) >= 11 is 0. The van der Waals surface area contributed by atoms with Crippen LogP contribution in [0, 0.1) is 0 Å². The number of carbonyl (C=O) groups is 2. The fourth-order valence-corrected chi connectivity index (χ4v) is 1.88. The Morgan fingerprint density at radius 2 is 1.17 bits per heavy atom. The van der Waals surface area contributed by atoms with E-state index in [4.69, 9.17) is 9.47 Å². The summed E-state index contributed by atoms with van der Waals surface area (Å²) in [7, 11) is 0. The van der Waals surface area contributed by atoms with E-state index in [-0.39, 0.29) is 0 Å². The van der Waals surface area contributed by atoms with Crippen molar-refractivity contribution in [2.24, 2.45) is 0 Å². The molecular formula is C20H26O4. The van der Waals surface area contributed by atoms with Gasteiger partial charge in [-0.15, -0.1) is 0 Å². The molecule has 4 nitrogen and oxygen atoms in total. The highest BCUT2D eigenvalue weighted by atomic mass is 16.5. The Morgan fingerprint density at radius 3 is 1.50 bits per heavy atom. The normalized spacial score (nSPS) is 11.1. The molecule has 0 amide bonds. The second-order valence-electron chi connectivity index (χ2n) is 5.42. The van der Waals surface area contributed by atoms with Crippen LogP contribution in [0.3, 0.4) is 0 Å². The lowest BCUT2D eigenvalue weighted by Crippen LogP contribution is -2.04. The van der Waals surface area contributed by atoms with Gasteiger partial charge in [0.05, 0.1) is 23.7 Å². The maximum absolute atomic E-state index is 11.8. The van der Waals surface area contributed by atoms with E-state index in [0.29, 0.717) is 11.1 Å². The highest BCUT2D eigenvalue weighted by Gasteiger charge is 2.09. The molecule has 0 fully saturated rings. The van der Waals surface area contributed by atoms with E-state index >= 15 is 0 Å². The zero-order valence-corrected chi connectivity index (χ0v) is 14.5. The van der Waals surface area contributed by atoms with Gasteiger partial charge in [0.15, 0.2) is 0 Å². The van der Waals surface area contributed by atoms with Gasteiger partial charge in [0, 0.05) is 0 Å². The summed E-state index contributed by atoms with van der Waals surface area (Å²) < 4.78 is 10.1. The summed E-state index contributed by atoms with van der Waals surface area (Å²) in [6.07, 6.45) is 12.6. The lowest BCUT2D eigenvalue weighted by atomic mass is 10.1. The van der Waals surface area contributed by atoms with Crippen molar-refractivity contribution in [1.29, 1.82) is 0 Å². The van der Waals surface area contributed by atoms with Crippen LogP contribution >= 0.6 is 0 Å². The minimum Gasteiger partial charge on any atom is -0.431 e. The third-order valence-corrected chi connectivity index (χ3v) is 3.35.